The smallest absolute Gasteiger partial charge is 0.141 e. The van der Waals surface area contributed by atoms with Crippen LogP contribution in [-0.2, 0) is 12.1 Å². The number of aromatic nitrogens is 4. The maximum Gasteiger partial charge on any atom is 0.141 e. The van der Waals surface area contributed by atoms with Gasteiger partial charge in [0, 0.05) is 40.5 Å². The van der Waals surface area contributed by atoms with E-state index in [1.165, 1.54) is 48.7 Å². The van der Waals surface area contributed by atoms with Gasteiger partial charge in [0.1, 0.15) is 47.3 Å². The van der Waals surface area contributed by atoms with Crippen molar-refractivity contribution in [3.8, 4) is 11.8 Å². The van der Waals surface area contributed by atoms with Crippen molar-refractivity contribution in [2.45, 2.75) is 25.1 Å². The van der Waals surface area contributed by atoms with Crippen molar-refractivity contribution in [2.75, 3.05) is 11.9 Å². The van der Waals surface area contributed by atoms with E-state index in [0.717, 1.165) is 23.1 Å². The molecule has 0 saturated heterocycles. The summed E-state index contributed by atoms with van der Waals surface area (Å²) in [5.41, 5.74) is -2.36. The number of hydrogen-bond acceptors (Lipinski definition) is 5. The monoisotopic (exact) mass is 498 g/mol. The highest BCUT2D eigenvalue weighted by Crippen LogP contribution is 2.33. The molecular formula is C26H21F4N5O. The van der Waals surface area contributed by atoms with Crippen molar-refractivity contribution in [3.05, 3.63) is 107 Å². The first-order chi connectivity index (χ1) is 18.4. The van der Waals surface area contributed by atoms with Crippen molar-refractivity contribution in [1.29, 1.82) is 0 Å². The Kier molecular flexibility index (Phi) is 5.96. The Morgan fingerprint density at radius 3 is 2.42 bits per heavy atom. The molecule has 0 radical (unpaired) electrons. The molecule has 0 aliphatic rings. The van der Waals surface area contributed by atoms with Crippen LogP contribution in [0.2, 0.25) is 0 Å². The van der Waals surface area contributed by atoms with Gasteiger partial charge in [-0.15, -0.1) is 0 Å². The van der Waals surface area contributed by atoms with Gasteiger partial charge in [0.05, 0.1) is 18.2 Å². The van der Waals surface area contributed by atoms with E-state index < -0.39 is 48.4 Å². The SMILES string of the molecule is [2H]C([2H])([2H])N(c1ccc(C#Cc2ccc(F)cc2F)cn1)[C@H](C)[C@](O)(Cn1cncn1)c1ccc(F)cc1F. The summed E-state index contributed by atoms with van der Waals surface area (Å²) in [4.78, 5) is 8.79. The summed E-state index contributed by atoms with van der Waals surface area (Å²) >= 11 is 0. The van der Waals surface area contributed by atoms with Gasteiger partial charge >= 0.3 is 0 Å². The molecule has 1 N–H and O–H groups in total. The van der Waals surface area contributed by atoms with Crippen LogP contribution in [0.3, 0.4) is 0 Å². The largest absolute Gasteiger partial charge is 0.381 e. The van der Waals surface area contributed by atoms with Crippen molar-refractivity contribution >= 4 is 5.82 Å². The van der Waals surface area contributed by atoms with Gasteiger partial charge in [-0.3, -0.25) is 0 Å². The minimum absolute atomic E-state index is 0.0438. The Morgan fingerprint density at radius 2 is 1.81 bits per heavy atom. The Morgan fingerprint density at radius 1 is 1.06 bits per heavy atom. The zero-order chi connectivity index (χ0) is 28.4. The molecule has 10 heteroatoms. The van der Waals surface area contributed by atoms with Crippen LogP contribution in [0.5, 0.6) is 0 Å². The Hall–Kier alpha value is -4.23. The number of pyridine rings is 1. The van der Waals surface area contributed by atoms with Crippen LogP contribution in [0.4, 0.5) is 23.4 Å². The average molecular weight is 498 g/mol. The molecule has 0 unspecified atom stereocenters. The van der Waals surface area contributed by atoms with E-state index in [1.807, 2.05) is 0 Å². The second-order valence-corrected chi connectivity index (χ2v) is 7.97. The molecule has 0 fully saturated rings. The number of likely N-dealkylation sites (N-methyl/N-ethyl adjacent to an activating group) is 1. The van der Waals surface area contributed by atoms with E-state index in [0.29, 0.717) is 17.7 Å². The highest BCUT2D eigenvalue weighted by molar-refractivity contribution is 5.47. The zero-order valence-corrected chi connectivity index (χ0v) is 18.8. The summed E-state index contributed by atoms with van der Waals surface area (Å²) < 4.78 is 81.2. The minimum Gasteiger partial charge on any atom is -0.381 e. The lowest BCUT2D eigenvalue weighted by Crippen LogP contribution is -2.51. The van der Waals surface area contributed by atoms with Gasteiger partial charge in [0.2, 0.25) is 0 Å². The number of aliphatic hydroxyl groups is 1. The first kappa shape index (κ1) is 21.1. The van der Waals surface area contributed by atoms with Gasteiger partial charge in [0.25, 0.3) is 0 Å². The van der Waals surface area contributed by atoms with Gasteiger partial charge in [-0.1, -0.05) is 17.9 Å². The van der Waals surface area contributed by atoms with Crippen molar-refractivity contribution in [1.82, 2.24) is 19.7 Å². The fourth-order valence-corrected chi connectivity index (χ4v) is 3.59. The average Bonchev–Trinajstić information content (AvgIpc) is 3.36. The second-order valence-electron chi connectivity index (χ2n) is 7.97. The quantitative estimate of drug-likeness (QED) is 0.321. The van der Waals surface area contributed by atoms with Gasteiger partial charge < -0.3 is 10.0 Å². The maximum atomic E-state index is 14.9. The van der Waals surface area contributed by atoms with Crippen LogP contribution in [0.15, 0.2) is 67.4 Å². The fourth-order valence-electron chi connectivity index (χ4n) is 3.59. The standard InChI is InChI=1S/C26H21F4N5O/c1-17(26(36,14-35-16-31-15-33-35)22-9-8-21(28)12-24(22)30)34(2)25-10-4-18(13-32-25)3-5-19-6-7-20(27)11-23(19)29/h4,6-13,15-17,36H,14H2,1-2H3/t17-,26-/m1/s1/i2D3. The van der Waals surface area contributed by atoms with Crippen LogP contribution >= 0.6 is 0 Å². The van der Waals surface area contributed by atoms with Gasteiger partial charge in [-0.05, 0) is 37.3 Å². The highest BCUT2D eigenvalue weighted by atomic mass is 19.1. The molecule has 2 aromatic heterocycles. The summed E-state index contributed by atoms with van der Waals surface area (Å²) in [6, 6.07) is 6.91. The van der Waals surface area contributed by atoms with Gasteiger partial charge in [0.15, 0.2) is 0 Å². The van der Waals surface area contributed by atoms with Crippen molar-refractivity contribution in [3.63, 3.8) is 0 Å². The molecule has 4 rings (SSSR count). The van der Waals surface area contributed by atoms with E-state index in [1.54, 1.807) is 0 Å². The molecule has 0 aliphatic heterocycles. The predicted octanol–water partition coefficient (Wildman–Crippen LogP) is 4.04. The summed E-state index contributed by atoms with van der Waals surface area (Å²) in [7, 11) is 0. The first-order valence-electron chi connectivity index (χ1n) is 12.1. The van der Waals surface area contributed by atoms with Gasteiger partial charge in [-0.25, -0.2) is 32.2 Å². The number of benzene rings is 2. The first-order valence-corrected chi connectivity index (χ1v) is 10.6. The molecule has 184 valence electrons. The molecule has 2 aromatic carbocycles. The van der Waals surface area contributed by atoms with E-state index in [2.05, 4.69) is 26.9 Å². The molecule has 6 nitrogen and oxygen atoms in total. The van der Waals surface area contributed by atoms with Crippen LogP contribution in [0, 0.1) is 35.1 Å². The third kappa shape index (κ3) is 5.21. The molecule has 0 bridgehead atoms. The zero-order valence-electron chi connectivity index (χ0n) is 21.8. The van der Waals surface area contributed by atoms with Gasteiger partial charge in [-0.2, -0.15) is 5.10 Å². The predicted molar refractivity (Wildman–Crippen MR) is 125 cm³/mol. The lowest BCUT2D eigenvalue weighted by Gasteiger charge is -2.40. The topological polar surface area (TPSA) is 67.1 Å². The molecule has 0 aliphatic carbocycles. The van der Waals surface area contributed by atoms with E-state index in [-0.39, 0.29) is 16.9 Å². The third-order valence-corrected chi connectivity index (χ3v) is 5.61. The molecular weight excluding hydrogens is 474 g/mol. The van der Waals surface area contributed by atoms with Crippen LogP contribution in [-0.4, -0.2) is 37.9 Å². The molecule has 4 aromatic rings. The molecule has 0 spiro atoms. The number of hydrogen-bond donors (Lipinski definition) is 1. The summed E-state index contributed by atoms with van der Waals surface area (Å²) in [5, 5.41) is 15.8. The van der Waals surface area contributed by atoms with Crippen LogP contribution in [0.1, 0.15) is 27.7 Å². The van der Waals surface area contributed by atoms with E-state index in [9.17, 15) is 22.7 Å². The normalized spacial score (nSPS) is 15.0. The molecule has 0 amide bonds. The number of nitrogens with zero attached hydrogens (tertiary/aromatic N) is 5. The van der Waals surface area contributed by atoms with Crippen LogP contribution < -0.4 is 4.90 Å². The molecule has 2 atom stereocenters. The van der Waals surface area contributed by atoms with E-state index >= 15 is 0 Å². The highest BCUT2D eigenvalue weighted by Gasteiger charge is 2.41. The Labute approximate surface area is 209 Å². The molecule has 2 heterocycles. The Balaban J connectivity index is 1.73. The fraction of sp³-hybridized carbons (Fsp3) is 0.192. The van der Waals surface area contributed by atoms with E-state index in [4.69, 9.17) is 4.11 Å². The number of anilines is 1. The van der Waals surface area contributed by atoms with Crippen LogP contribution in [0.25, 0.3) is 0 Å². The summed E-state index contributed by atoms with van der Waals surface area (Å²) in [5.74, 6) is 1.57. The summed E-state index contributed by atoms with van der Waals surface area (Å²) in [6.45, 7) is -1.93. The second kappa shape index (κ2) is 10.2. The molecule has 36 heavy (non-hydrogen) atoms. The van der Waals surface area contributed by atoms with Crippen molar-refractivity contribution in [2.24, 2.45) is 0 Å². The maximum absolute atomic E-state index is 14.9. The van der Waals surface area contributed by atoms with Crippen molar-refractivity contribution < 1.29 is 26.8 Å². The molecule has 0 saturated carbocycles. The third-order valence-electron chi connectivity index (χ3n) is 5.61. The summed E-state index contributed by atoms with van der Waals surface area (Å²) in [6.07, 6.45) is 3.69. The Bertz CT molecular complexity index is 1520. The number of halogens is 4. The number of rotatable bonds is 6. The lowest BCUT2D eigenvalue weighted by atomic mass is 9.85. The lowest BCUT2D eigenvalue weighted by molar-refractivity contribution is -0.00994. The minimum atomic E-state index is -2.87.